The van der Waals surface area contributed by atoms with Crippen LogP contribution < -0.4 is 10.2 Å². The summed E-state index contributed by atoms with van der Waals surface area (Å²) in [7, 11) is 1.37. The molecule has 0 fully saturated rings. The monoisotopic (exact) mass is 376 g/mol. The van der Waals surface area contributed by atoms with Gasteiger partial charge in [-0.15, -0.1) is 0 Å². The molecule has 6 heteroatoms. The van der Waals surface area contributed by atoms with E-state index in [1.165, 1.54) is 12.7 Å². The van der Waals surface area contributed by atoms with Gasteiger partial charge in [-0.05, 0) is 56.7 Å². The number of anilines is 4. The summed E-state index contributed by atoms with van der Waals surface area (Å²) >= 11 is 0. The fraction of sp³-hybridized carbons (Fsp3) is 0.227. The Hall–Kier alpha value is -3.41. The molecule has 0 amide bonds. The Morgan fingerprint density at radius 3 is 2.57 bits per heavy atom. The van der Waals surface area contributed by atoms with Crippen LogP contribution in [0, 0.1) is 13.8 Å². The van der Waals surface area contributed by atoms with Gasteiger partial charge in [0.25, 0.3) is 0 Å². The molecule has 1 N–H and O–H groups in total. The van der Waals surface area contributed by atoms with Crippen LogP contribution >= 0.6 is 0 Å². The largest absolute Gasteiger partial charge is 0.465 e. The number of rotatable bonds is 6. The Bertz CT molecular complexity index is 988. The molecule has 0 aliphatic heterocycles. The van der Waals surface area contributed by atoms with Gasteiger partial charge in [-0.25, -0.2) is 9.78 Å². The average molecular weight is 376 g/mol. The summed E-state index contributed by atoms with van der Waals surface area (Å²) in [6.07, 6.45) is 0. The molecular formula is C22H24N4O2. The van der Waals surface area contributed by atoms with Crippen LogP contribution in [0.25, 0.3) is 0 Å². The topological polar surface area (TPSA) is 67.4 Å². The predicted molar refractivity (Wildman–Crippen MR) is 112 cm³/mol. The molecule has 6 nitrogen and oxygen atoms in total. The average Bonchev–Trinajstić information content (AvgIpc) is 2.68. The van der Waals surface area contributed by atoms with Gasteiger partial charge in [0.1, 0.15) is 5.82 Å². The molecule has 0 saturated carbocycles. The summed E-state index contributed by atoms with van der Waals surface area (Å²) in [6.45, 7) is 6.81. The zero-order chi connectivity index (χ0) is 20.1. The van der Waals surface area contributed by atoms with Crippen LogP contribution in [0.5, 0.6) is 0 Å². The third-order valence-corrected chi connectivity index (χ3v) is 4.27. The van der Waals surface area contributed by atoms with E-state index in [2.05, 4.69) is 52.2 Å². The summed E-state index contributed by atoms with van der Waals surface area (Å²) in [5, 5.41) is 3.26. The van der Waals surface area contributed by atoms with Crippen LogP contribution in [0.2, 0.25) is 0 Å². The number of esters is 1. The van der Waals surface area contributed by atoms with Gasteiger partial charge >= 0.3 is 5.97 Å². The van der Waals surface area contributed by atoms with Gasteiger partial charge in [-0.3, -0.25) is 0 Å². The van der Waals surface area contributed by atoms with Gasteiger partial charge in [0.2, 0.25) is 5.95 Å². The first-order chi connectivity index (χ1) is 13.5. The first kappa shape index (κ1) is 19.4. The minimum Gasteiger partial charge on any atom is -0.465 e. The molecule has 0 unspecified atom stereocenters. The number of nitrogens with one attached hydrogen (secondary N) is 1. The second-order valence-corrected chi connectivity index (χ2v) is 6.48. The number of carbonyl (C=O) groups excluding carboxylic acids is 1. The number of carbonyl (C=O) groups is 1. The van der Waals surface area contributed by atoms with Crippen molar-refractivity contribution in [2.75, 3.05) is 23.9 Å². The zero-order valence-electron chi connectivity index (χ0n) is 16.6. The molecule has 3 aromatic rings. The van der Waals surface area contributed by atoms with Crippen molar-refractivity contribution in [3.05, 3.63) is 71.4 Å². The lowest BCUT2D eigenvalue weighted by Crippen LogP contribution is -2.19. The number of aromatic nitrogens is 2. The lowest BCUT2D eigenvalue weighted by atomic mass is 10.2. The van der Waals surface area contributed by atoms with E-state index in [0.29, 0.717) is 17.3 Å². The second kappa shape index (κ2) is 8.52. The number of aryl methyl sites for hydroxylation is 2. The smallest absolute Gasteiger partial charge is 0.337 e. The van der Waals surface area contributed by atoms with E-state index < -0.39 is 0 Å². The number of benzene rings is 2. The maximum Gasteiger partial charge on any atom is 0.337 e. The molecule has 0 aliphatic rings. The van der Waals surface area contributed by atoms with Crippen molar-refractivity contribution in [2.45, 2.75) is 20.8 Å². The molecule has 0 spiro atoms. The van der Waals surface area contributed by atoms with E-state index in [4.69, 9.17) is 4.74 Å². The second-order valence-electron chi connectivity index (χ2n) is 6.48. The Morgan fingerprint density at radius 1 is 1.07 bits per heavy atom. The van der Waals surface area contributed by atoms with Crippen LogP contribution in [0.3, 0.4) is 0 Å². The van der Waals surface area contributed by atoms with Crippen LogP contribution in [0.1, 0.15) is 28.5 Å². The maximum atomic E-state index is 11.8. The summed E-state index contributed by atoms with van der Waals surface area (Å²) < 4.78 is 4.79. The first-order valence-electron chi connectivity index (χ1n) is 9.15. The zero-order valence-corrected chi connectivity index (χ0v) is 16.6. The van der Waals surface area contributed by atoms with E-state index in [1.807, 2.05) is 25.1 Å². The maximum absolute atomic E-state index is 11.8. The molecule has 1 aromatic heterocycles. The number of nitrogens with zero attached hydrogens (tertiary/aromatic N) is 3. The van der Waals surface area contributed by atoms with E-state index in [9.17, 15) is 4.79 Å². The summed E-state index contributed by atoms with van der Waals surface area (Å²) in [4.78, 5) is 23.1. The van der Waals surface area contributed by atoms with Crippen LogP contribution in [0.15, 0.2) is 54.6 Å². The van der Waals surface area contributed by atoms with Crippen LogP contribution in [-0.4, -0.2) is 29.6 Å². The van der Waals surface area contributed by atoms with Crippen molar-refractivity contribution in [3.63, 3.8) is 0 Å². The minimum absolute atomic E-state index is 0.375. The van der Waals surface area contributed by atoms with Gasteiger partial charge in [-0.1, -0.05) is 18.2 Å². The van der Waals surface area contributed by atoms with Gasteiger partial charge < -0.3 is 15.0 Å². The van der Waals surface area contributed by atoms with E-state index in [0.717, 1.165) is 23.6 Å². The molecule has 0 radical (unpaired) electrons. The molecule has 0 aliphatic carbocycles. The molecule has 1 heterocycles. The van der Waals surface area contributed by atoms with Gasteiger partial charge in [0, 0.05) is 29.7 Å². The molecule has 0 saturated heterocycles. The van der Waals surface area contributed by atoms with E-state index in [1.54, 1.807) is 18.2 Å². The van der Waals surface area contributed by atoms with Gasteiger partial charge in [0.15, 0.2) is 0 Å². The van der Waals surface area contributed by atoms with Crippen molar-refractivity contribution in [2.24, 2.45) is 0 Å². The Kier molecular flexibility index (Phi) is 5.89. The summed E-state index contributed by atoms with van der Waals surface area (Å²) in [5.41, 5.74) is 4.31. The molecule has 28 heavy (non-hydrogen) atoms. The Morgan fingerprint density at radius 2 is 1.86 bits per heavy atom. The number of hydrogen-bond donors (Lipinski definition) is 1. The molecule has 3 rings (SSSR count). The van der Waals surface area contributed by atoms with E-state index in [-0.39, 0.29) is 5.97 Å². The number of hydrogen-bond acceptors (Lipinski definition) is 6. The molecule has 0 atom stereocenters. The Labute approximate surface area is 165 Å². The molecule has 2 aromatic carbocycles. The standard InChI is InChI=1S/C22H24N4O2/c1-5-26(19-11-6-8-15(2)12-19)22-23-16(3)13-20(25-22)24-18-10-7-9-17(14-18)21(27)28-4/h6-14H,5H2,1-4H3,(H,23,24,25). The lowest BCUT2D eigenvalue weighted by molar-refractivity contribution is 0.0601. The Balaban J connectivity index is 1.92. The van der Waals surface area contributed by atoms with Crippen molar-refractivity contribution >= 4 is 29.1 Å². The molecule has 144 valence electrons. The number of ether oxygens (including phenoxy) is 1. The third-order valence-electron chi connectivity index (χ3n) is 4.27. The fourth-order valence-electron chi connectivity index (χ4n) is 2.96. The summed E-state index contributed by atoms with van der Waals surface area (Å²) in [5.74, 6) is 0.912. The van der Waals surface area contributed by atoms with Crippen LogP contribution in [0.4, 0.5) is 23.1 Å². The van der Waals surface area contributed by atoms with Crippen LogP contribution in [-0.2, 0) is 4.74 Å². The van der Waals surface area contributed by atoms with Crippen molar-refractivity contribution in [3.8, 4) is 0 Å². The lowest BCUT2D eigenvalue weighted by Gasteiger charge is -2.22. The normalized spacial score (nSPS) is 10.4. The number of methoxy groups -OCH3 is 1. The SMILES string of the molecule is CCN(c1cccc(C)c1)c1nc(C)cc(Nc2cccc(C(=O)OC)c2)n1. The molecular weight excluding hydrogens is 352 g/mol. The van der Waals surface area contributed by atoms with Crippen molar-refractivity contribution in [1.82, 2.24) is 9.97 Å². The highest BCUT2D eigenvalue weighted by molar-refractivity contribution is 5.90. The van der Waals surface area contributed by atoms with E-state index >= 15 is 0 Å². The molecule has 0 bridgehead atoms. The first-order valence-corrected chi connectivity index (χ1v) is 9.15. The fourth-order valence-corrected chi connectivity index (χ4v) is 2.96. The van der Waals surface area contributed by atoms with Crippen molar-refractivity contribution in [1.29, 1.82) is 0 Å². The quantitative estimate of drug-likeness (QED) is 0.625. The predicted octanol–water partition coefficient (Wildman–Crippen LogP) is 4.78. The highest BCUT2D eigenvalue weighted by Gasteiger charge is 2.13. The third kappa shape index (κ3) is 4.46. The highest BCUT2D eigenvalue weighted by atomic mass is 16.5. The van der Waals surface area contributed by atoms with Gasteiger partial charge in [0.05, 0.1) is 12.7 Å². The minimum atomic E-state index is -0.375. The summed E-state index contributed by atoms with van der Waals surface area (Å²) in [6, 6.07) is 17.3. The van der Waals surface area contributed by atoms with Crippen molar-refractivity contribution < 1.29 is 9.53 Å². The highest BCUT2D eigenvalue weighted by Crippen LogP contribution is 2.25. The van der Waals surface area contributed by atoms with Gasteiger partial charge in [-0.2, -0.15) is 4.98 Å².